The zero-order valence-electron chi connectivity index (χ0n) is 11.4. The van der Waals surface area contributed by atoms with Crippen molar-refractivity contribution in [3.05, 3.63) is 65.5 Å². The third-order valence-electron chi connectivity index (χ3n) is 3.00. The number of pyridine rings is 1. The highest BCUT2D eigenvalue weighted by atomic mass is 16.2. The normalized spacial score (nSPS) is 10.6. The molecule has 1 aromatic carbocycles. The lowest BCUT2D eigenvalue weighted by Gasteiger charge is -2.16. The molecule has 0 bridgehead atoms. The molecule has 0 unspecified atom stereocenters. The number of aromatic nitrogens is 1. The number of carbonyl (C=O) groups excluding carboxylic acids is 1. The summed E-state index contributed by atoms with van der Waals surface area (Å²) in [5.41, 5.74) is 5.05. The smallest absolute Gasteiger partial charge is 0.265 e. The summed E-state index contributed by atoms with van der Waals surface area (Å²) < 4.78 is 0. The van der Waals surface area contributed by atoms with Gasteiger partial charge in [0.1, 0.15) is 0 Å². The Morgan fingerprint density at radius 3 is 2.20 bits per heavy atom. The minimum Gasteiger partial charge on any atom is -0.298 e. The summed E-state index contributed by atoms with van der Waals surface area (Å²) >= 11 is 0. The maximum Gasteiger partial charge on any atom is 0.265 e. The summed E-state index contributed by atoms with van der Waals surface area (Å²) in [6, 6.07) is 11.4. The van der Waals surface area contributed by atoms with E-state index in [2.05, 4.69) is 22.4 Å². The van der Waals surface area contributed by atoms with Crippen LogP contribution in [0.1, 0.15) is 21.5 Å². The van der Waals surface area contributed by atoms with Crippen molar-refractivity contribution in [3.63, 3.8) is 0 Å². The number of rotatable bonds is 5. The van der Waals surface area contributed by atoms with Crippen LogP contribution in [-0.4, -0.2) is 22.8 Å². The Morgan fingerprint density at radius 1 is 1.10 bits per heavy atom. The fourth-order valence-electron chi connectivity index (χ4n) is 2.01. The molecule has 5 nitrogen and oxygen atoms in total. The van der Waals surface area contributed by atoms with Gasteiger partial charge in [-0.25, -0.2) is 5.84 Å². The molecule has 0 radical (unpaired) electrons. The molecule has 104 valence electrons. The van der Waals surface area contributed by atoms with Gasteiger partial charge in [-0.2, -0.15) is 0 Å². The third-order valence-corrected chi connectivity index (χ3v) is 3.00. The number of carbonyl (C=O) groups is 1. The van der Waals surface area contributed by atoms with Gasteiger partial charge in [0, 0.05) is 31.0 Å². The van der Waals surface area contributed by atoms with Crippen LogP contribution in [0, 0.1) is 0 Å². The lowest BCUT2D eigenvalue weighted by Crippen LogP contribution is -2.29. The second kappa shape index (κ2) is 6.79. The van der Waals surface area contributed by atoms with Crippen LogP contribution in [-0.2, 0) is 13.1 Å². The number of nitrogens with one attached hydrogen (secondary N) is 1. The number of hydrogen-bond acceptors (Lipinski definition) is 4. The molecule has 0 spiro atoms. The summed E-state index contributed by atoms with van der Waals surface area (Å²) in [7, 11) is 2.06. The average Bonchev–Trinajstić information content (AvgIpc) is 2.48. The molecule has 2 aromatic rings. The van der Waals surface area contributed by atoms with Crippen molar-refractivity contribution in [2.24, 2.45) is 5.84 Å². The van der Waals surface area contributed by atoms with E-state index in [0.717, 1.165) is 18.7 Å². The molecule has 0 saturated heterocycles. The molecule has 20 heavy (non-hydrogen) atoms. The van der Waals surface area contributed by atoms with E-state index >= 15 is 0 Å². The molecule has 1 amide bonds. The SMILES string of the molecule is CN(Cc1ccncc1)Cc1ccc(C(=O)NN)cc1. The molecular formula is C15H18N4O. The molecular weight excluding hydrogens is 252 g/mol. The molecule has 5 heteroatoms. The Hall–Kier alpha value is -2.24. The van der Waals surface area contributed by atoms with Gasteiger partial charge in [-0.05, 0) is 42.4 Å². The number of benzene rings is 1. The summed E-state index contributed by atoms with van der Waals surface area (Å²) in [6.07, 6.45) is 3.59. The quantitative estimate of drug-likeness (QED) is 0.488. The number of amides is 1. The van der Waals surface area contributed by atoms with Gasteiger partial charge in [0.2, 0.25) is 0 Å². The van der Waals surface area contributed by atoms with E-state index in [1.54, 1.807) is 24.5 Å². The van der Waals surface area contributed by atoms with Gasteiger partial charge in [0.05, 0.1) is 0 Å². The largest absolute Gasteiger partial charge is 0.298 e. The van der Waals surface area contributed by atoms with Crippen LogP contribution >= 0.6 is 0 Å². The number of nitrogens with zero attached hydrogens (tertiary/aromatic N) is 2. The van der Waals surface area contributed by atoms with Crippen LogP contribution in [0.3, 0.4) is 0 Å². The first-order valence-electron chi connectivity index (χ1n) is 6.36. The van der Waals surface area contributed by atoms with Crippen LogP contribution in [0.2, 0.25) is 0 Å². The monoisotopic (exact) mass is 270 g/mol. The average molecular weight is 270 g/mol. The van der Waals surface area contributed by atoms with Gasteiger partial charge in [-0.15, -0.1) is 0 Å². The highest BCUT2D eigenvalue weighted by molar-refractivity contribution is 5.93. The van der Waals surface area contributed by atoms with Crippen LogP contribution in [0.5, 0.6) is 0 Å². The fraction of sp³-hybridized carbons (Fsp3) is 0.200. The first-order chi connectivity index (χ1) is 9.69. The van der Waals surface area contributed by atoms with E-state index in [-0.39, 0.29) is 5.91 Å². The minimum absolute atomic E-state index is 0.276. The lowest BCUT2D eigenvalue weighted by atomic mass is 10.1. The first-order valence-corrected chi connectivity index (χ1v) is 6.36. The maximum absolute atomic E-state index is 11.3. The van der Waals surface area contributed by atoms with Gasteiger partial charge < -0.3 is 0 Å². The van der Waals surface area contributed by atoms with Gasteiger partial charge in [0.15, 0.2) is 0 Å². The summed E-state index contributed by atoms with van der Waals surface area (Å²) in [5.74, 6) is 4.82. The van der Waals surface area contributed by atoms with Crippen molar-refractivity contribution in [1.29, 1.82) is 0 Å². The van der Waals surface area contributed by atoms with Crippen molar-refractivity contribution in [2.75, 3.05) is 7.05 Å². The fourth-order valence-corrected chi connectivity index (χ4v) is 2.01. The van der Waals surface area contributed by atoms with Crippen LogP contribution in [0.4, 0.5) is 0 Å². The van der Waals surface area contributed by atoms with Crippen molar-refractivity contribution in [2.45, 2.75) is 13.1 Å². The summed E-state index contributed by atoms with van der Waals surface area (Å²) in [4.78, 5) is 17.5. The highest BCUT2D eigenvalue weighted by Gasteiger charge is 2.05. The first kappa shape index (κ1) is 14.2. The predicted octanol–water partition coefficient (Wildman–Crippen LogP) is 1.32. The van der Waals surface area contributed by atoms with E-state index in [1.807, 2.05) is 24.3 Å². The van der Waals surface area contributed by atoms with Crippen molar-refractivity contribution in [3.8, 4) is 0 Å². The van der Waals surface area contributed by atoms with E-state index in [1.165, 1.54) is 5.56 Å². The van der Waals surface area contributed by atoms with Crippen LogP contribution < -0.4 is 11.3 Å². The van der Waals surface area contributed by atoms with E-state index in [4.69, 9.17) is 5.84 Å². The van der Waals surface area contributed by atoms with Gasteiger partial charge >= 0.3 is 0 Å². The van der Waals surface area contributed by atoms with Crippen molar-refractivity contribution in [1.82, 2.24) is 15.3 Å². The Labute approximate surface area is 118 Å². The summed E-state index contributed by atoms with van der Waals surface area (Å²) in [6.45, 7) is 1.67. The Balaban J connectivity index is 1.94. The molecule has 0 saturated carbocycles. The molecule has 0 fully saturated rings. The minimum atomic E-state index is -0.276. The van der Waals surface area contributed by atoms with E-state index < -0.39 is 0 Å². The Bertz CT molecular complexity index is 554. The highest BCUT2D eigenvalue weighted by Crippen LogP contribution is 2.09. The number of hydrogen-bond donors (Lipinski definition) is 2. The second-order valence-corrected chi connectivity index (χ2v) is 4.70. The van der Waals surface area contributed by atoms with Crippen molar-refractivity contribution < 1.29 is 4.79 Å². The second-order valence-electron chi connectivity index (χ2n) is 4.70. The lowest BCUT2D eigenvalue weighted by molar-refractivity contribution is 0.0953. The predicted molar refractivity (Wildman–Crippen MR) is 77.5 cm³/mol. The van der Waals surface area contributed by atoms with E-state index in [0.29, 0.717) is 5.56 Å². The molecule has 0 aliphatic heterocycles. The zero-order valence-corrected chi connectivity index (χ0v) is 11.4. The van der Waals surface area contributed by atoms with Gasteiger partial charge in [-0.3, -0.25) is 20.1 Å². The number of nitrogens with two attached hydrogens (primary N) is 1. The number of hydrazine groups is 1. The van der Waals surface area contributed by atoms with E-state index in [9.17, 15) is 4.79 Å². The standard InChI is InChI=1S/C15H18N4O/c1-19(11-13-6-8-17-9-7-13)10-12-2-4-14(5-3-12)15(20)18-16/h2-9H,10-11,16H2,1H3,(H,18,20). The molecule has 1 heterocycles. The number of nitrogen functional groups attached to an aromatic ring is 1. The molecule has 0 atom stereocenters. The molecule has 0 aliphatic rings. The Morgan fingerprint density at radius 2 is 1.65 bits per heavy atom. The molecule has 0 aliphatic carbocycles. The van der Waals surface area contributed by atoms with Gasteiger partial charge in [0.25, 0.3) is 5.91 Å². The topological polar surface area (TPSA) is 71.2 Å². The van der Waals surface area contributed by atoms with Crippen LogP contribution in [0.15, 0.2) is 48.8 Å². The van der Waals surface area contributed by atoms with Gasteiger partial charge in [-0.1, -0.05) is 12.1 Å². The van der Waals surface area contributed by atoms with Crippen molar-refractivity contribution >= 4 is 5.91 Å². The maximum atomic E-state index is 11.3. The summed E-state index contributed by atoms with van der Waals surface area (Å²) in [5, 5.41) is 0. The third kappa shape index (κ3) is 3.88. The zero-order chi connectivity index (χ0) is 14.4. The molecule has 3 N–H and O–H groups in total. The molecule has 1 aromatic heterocycles. The Kier molecular flexibility index (Phi) is 4.81. The molecule has 2 rings (SSSR count). The van der Waals surface area contributed by atoms with Crippen LogP contribution in [0.25, 0.3) is 0 Å².